The smallest absolute Gasteiger partial charge is 0.238 e. The predicted molar refractivity (Wildman–Crippen MR) is 76.5 cm³/mol. The molecule has 0 aliphatic carbocycles. The zero-order valence-electron chi connectivity index (χ0n) is 11.6. The summed E-state index contributed by atoms with van der Waals surface area (Å²) >= 11 is 0. The van der Waals surface area contributed by atoms with E-state index < -0.39 is 0 Å². The fourth-order valence-electron chi connectivity index (χ4n) is 1.82. The maximum absolute atomic E-state index is 11.8. The van der Waals surface area contributed by atoms with Crippen molar-refractivity contribution in [1.82, 2.24) is 15.1 Å². The lowest BCUT2D eigenvalue weighted by Gasteiger charge is -2.10. The summed E-state index contributed by atoms with van der Waals surface area (Å²) < 4.78 is 6.95. The summed E-state index contributed by atoms with van der Waals surface area (Å²) in [4.78, 5) is 11.8. The standard InChI is InChI=1S/C14H18N4O2/c1-18-11(7-8-16-18)9-15-10-14(19)17-12-5-3-4-6-13(12)20-2/h3-8,15H,9-10H2,1-2H3,(H,17,19). The first-order valence-electron chi connectivity index (χ1n) is 6.31. The van der Waals surface area contributed by atoms with Crippen molar-refractivity contribution >= 4 is 11.6 Å². The number of amides is 1. The molecule has 0 unspecified atom stereocenters. The van der Waals surface area contributed by atoms with Gasteiger partial charge in [0.2, 0.25) is 5.91 Å². The minimum atomic E-state index is -0.114. The Labute approximate surface area is 117 Å². The Morgan fingerprint density at radius 2 is 2.15 bits per heavy atom. The number of methoxy groups -OCH3 is 1. The van der Waals surface area contributed by atoms with Crippen molar-refractivity contribution in [1.29, 1.82) is 0 Å². The lowest BCUT2D eigenvalue weighted by atomic mass is 10.3. The van der Waals surface area contributed by atoms with Crippen LogP contribution >= 0.6 is 0 Å². The Kier molecular flexibility index (Phi) is 4.73. The highest BCUT2D eigenvalue weighted by atomic mass is 16.5. The number of hydrogen-bond acceptors (Lipinski definition) is 4. The van der Waals surface area contributed by atoms with Crippen LogP contribution in [0.3, 0.4) is 0 Å². The van der Waals surface area contributed by atoms with E-state index >= 15 is 0 Å². The van der Waals surface area contributed by atoms with Gasteiger partial charge in [-0.15, -0.1) is 0 Å². The molecule has 0 aliphatic heterocycles. The Bertz CT molecular complexity index is 580. The zero-order valence-corrected chi connectivity index (χ0v) is 11.6. The number of hydrogen-bond donors (Lipinski definition) is 2. The molecule has 0 saturated carbocycles. The van der Waals surface area contributed by atoms with Gasteiger partial charge in [-0.2, -0.15) is 5.10 Å². The molecule has 2 aromatic rings. The zero-order chi connectivity index (χ0) is 14.4. The molecule has 0 saturated heterocycles. The molecule has 1 amide bonds. The molecular formula is C14H18N4O2. The fraction of sp³-hybridized carbons (Fsp3) is 0.286. The summed E-state index contributed by atoms with van der Waals surface area (Å²) in [5, 5.41) is 9.94. The van der Waals surface area contributed by atoms with Crippen LogP contribution in [-0.4, -0.2) is 29.3 Å². The minimum absolute atomic E-state index is 0.114. The van der Waals surface area contributed by atoms with Gasteiger partial charge in [0, 0.05) is 19.8 Å². The number of aromatic nitrogens is 2. The summed E-state index contributed by atoms with van der Waals surface area (Å²) in [6, 6.07) is 9.22. The number of anilines is 1. The van der Waals surface area contributed by atoms with Gasteiger partial charge in [-0.1, -0.05) is 12.1 Å². The second-order valence-electron chi connectivity index (χ2n) is 4.30. The van der Waals surface area contributed by atoms with E-state index in [1.54, 1.807) is 30.1 Å². The highest BCUT2D eigenvalue weighted by molar-refractivity contribution is 5.93. The Hall–Kier alpha value is -2.34. The quantitative estimate of drug-likeness (QED) is 0.829. The molecule has 1 heterocycles. The first-order valence-corrected chi connectivity index (χ1v) is 6.31. The monoisotopic (exact) mass is 274 g/mol. The maximum atomic E-state index is 11.8. The summed E-state index contributed by atoms with van der Waals surface area (Å²) in [6.07, 6.45) is 1.73. The van der Waals surface area contributed by atoms with Gasteiger partial charge >= 0.3 is 0 Å². The van der Waals surface area contributed by atoms with Gasteiger partial charge in [0.15, 0.2) is 0 Å². The molecule has 6 heteroatoms. The summed E-state index contributed by atoms with van der Waals surface area (Å²) in [5.41, 5.74) is 1.69. The average Bonchev–Trinajstić information content (AvgIpc) is 2.85. The normalized spacial score (nSPS) is 10.3. The number of carbonyl (C=O) groups excluding carboxylic acids is 1. The largest absolute Gasteiger partial charge is 0.495 e. The molecule has 1 aromatic heterocycles. The number of nitrogens with zero attached hydrogens (tertiary/aromatic N) is 2. The van der Waals surface area contributed by atoms with Crippen LogP contribution in [0.15, 0.2) is 36.5 Å². The molecule has 0 bridgehead atoms. The van der Waals surface area contributed by atoms with E-state index in [0.29, 0.717) is 18.0 Å². The molecule has 106 valence electrons. The molecule has 0 fully saturated rings. The number of rotatable bonds is 6. The lowest BCUT2D eigenvalue weighted by Crippen LogP contribution is -2.28. The second kappa shape index (κ2) is 6.72. The van der Waals surface area contributed by atoms with Gasteiger partial charge in [0.25, 0.3) is 0 Å². The molecule has 0 aliphatic rings. The Balaban J connectivity index is 1.82. The number of ether oxygens (including phenoxy) is 1. The number of para-hydroxylation sites is 2. The van der Waals surface area contributed by atoms with E-state index in [1.165, 1.54) is 0 Å². The van der Waals surface area contributed by atoms with Crippen LogP contribution in [0.1, 0.15) is 5.69 Å². The Morgan fingerprint density at radius 1 is 1.35 bits per heavy atom. The molecular weight excluding hydrogens is 256 g/mol. The molecule has 2 N–H and O–H groups in total. The SMILES string of the molecule is COc1ccccc1NC(=O)CNCc1ccnn1C. The average molecular weight is 274 g/mol. The third-order valence-corrected chi connectivity index (χ3v) is 2.90. The van der Waals surface area contributed by atoms with E-state index in [0.717, 1.165) is 5.69 Å². The van der Waals surface area contributed by atoms with Crippen molar-refractivity contribution < 1.29 is 9.53 Å². The van der Waals surface area contributed by atoms with Gasteiger partial charge < -0.3 is 15.4 Å². The van der Waals surface area contributed by atoms with Gasteiger partial charge in [-0.25, -0.2) is 0 Å². The molecule has 0 atom stereocenters. The van der Waals surface area contributed by atoms with Crippen molar-refractivity contribution in [2.24, 2.45) is 7.05 Å². The summed E-state index contributed by atoms with van der Waals surface area (Å²) in [5.74, 6) is 0.532. The van der Waals surface area contributed by atoms with Crippen LogP contribution in [0, 0.1) is 0 Å². The minimum Gasteiger partial charge on any atom is -0.495 e. The van der Waals surface area contributed by atoms with E-state index in [-0.39, 0.29) is 12.5 Å². The van der Waals surface area contributed by atoms with E-state index in [2.05, 4.69) is 15.7 Å². The fourth-order valence-corrected chi connectivity index (χ4v) is 1.82. The van der Waals surface area contributed by atoms with Crippen molar-refractivity contribution in [3.8, 4) is 5.75 Å². The van der Waals surface area contributed by atoms with E-state index in [4.69, 9.17) is 4.74 Å². The van der Waals surface area contributed by atoms with E-state index in [1.807, 2.05) is 25.2 Å². The number of nitrogens with one attached hydrogen (secondary N) is 2. The van der Waals surface area contributed by atoms with Crippen molar-refractivity contribution in [2.75, 3.05) is 19.0 Å². The molecule has 1 aromatic carbocycles. The summed E-state index contributed by atoms with van der Waals surface area (Å²) in [6.45, 7) is 0.819. The van der Waals surface area contributed by atoms with Crippen molar-refractivity contribution in [3.05, 3.63) is 42.2 Å². The van der Waals surface area contributed by atoms with Crippen LogP contribution in [0.5, 0.6) is 5.75 Å². The highest BCUT2D eigenvalue weighted by Crippen LogP contribution is 2.22. The van der Waals surface area contributed by atoms with Gasteiger partial charge in [-0.05, 0) is 18.2 Å². The molecule has 0 spiro atoms. The van der Waals surface area contributed by atoms with Gasteiger partial charge in [0.05, 0.1) is 25.0 Å². The second-order valence-corrected chi connectivity index (χ2v) is 4.30. The van der Waals surface area contributed by atoms with Crippen LogP contribution in [0.25, 0.3) is 0 Å². The topological polar surface area (TPSA) is 68.2 Å². The van der Waals surface area contributed by atoms with Gasteiger partial charge in [0.1, 0.15) is 5.75 Å². The third kappa shape index (κ3) is 3.58. The van der Waals surface area contributed by atoms with Crippen LogP contribution in [0.4, 0.5) is 5.69 Å². The molecule has 20 heavy (non-hydrogen) atoms. The van der Waals surface area contributed by atoms with Crippen LogP contribution < -0.4 is 15.4 Å². The summed E-state index contributed by atoms with van der Waals surface area (Å²) in [7, 11) is 3.44. The molecule has 2 rings (SSSR count). The molecule has 6 nitrogen and oxygen atoms in total. The Morgan fingerprint density at radius 3 is 2.85 bits per heavy atom. The first-order chi connectivity index (χ1) is 9.70. The molecule has 0 radical (unpaired) electrons. The predicted octanol–water partition coefficient (Wildman–Crippen LogP) is 1.16. The van der Waals surface area contributed by atoms with E-state index in [9.17, 15) is 4.79 Å². The van der Waals surface area contributed by atoms with Crippen LogP contribution in [0.2, 0.25) is 0 Å². The lowest BCUT2D eigenvalue weighted by molar-refractivity contribution is -0.115. The number of aryl methyl sites for hydroxylation is 1. The van der Waals surface area contributed by atoms with Crippen molar-refractivity contribution in [2.45, 2.75) is 6.54 Å². The third-order valence-electron chi connectivity index (χ3n) is 2.90. The maximum Gasteiger partial charge on any atom is 0.238 e. The number of carbonyl (C=O) groups is 1. The van der Waals surface area contributed by atoms with Crippen LogP contribution in [-0.2, 0) is 18.4 Å². The highest BCUT2D eigenvalue weighted by Gasteiger charge is 2.06. The van der Waals surface area contributed by atoms with Gasteiger partial charge in [-0.3, -0.25) is 9.48 Å². The number of benzene rings is 1. The van der Waals surface area contributed by atoms with Crippen molar-refractivity contribution in [3.63, 3.8) is 0 Å². The first kappa shape index (κ1) is 14.1.